The third-order valence-electron chi connectivity index (χ3n) is 3.58. The summed E-state index contributed by atoms with van der Waals surface area (Å²) in [6.07, 6.45) is 0.610. The summed E-state index contributed by atoms with van der Waals surface area (Å²) < 4.78 is 26.8. The molecule has 0 aliphatic rings. The smallest absolute Gasteiger partial charge is 0.243 e. The highest BCUT2D eigenvalue weighted by Crippen LogP contribution is 2.18. The molecule has 0 fully saturated rings. The van der Waals surface area contributed by atoms with Gasteiger partial charge in [0.15, 0.2) is 0 Å². The van der Waals surface area contributed by atoms with Gasteiger partial charge in [0.25, 0.3) is 0 Å². The van der Waals surface area contributed by atoms with Crippen molar-refractivity contribution in [3.05, 3.63) is 59.1 Å². The van der Waals surface area contributed by atoms with E-state index in [1.807, 2.05) is 13.8 Å². The number of nitrogens with one attached hydrogen (secondary N) is 1. The van der Waals surface area contributed by atoms with Crippen LogP contribution < -0.4 is 5.32 Å². The standard InChI is InChI=1S/C18H21ClN2O3S/c1-3-12-21(25(23,24)17-10-4-14(2)5-11-17)13-18(22)20-16-8-6-15(19)7-9-16/h4-11H,3,12-13H2,1-2H3,(H,20,22). The zero-order valence-electron chi connectivity index (χ0n) is 14.2. The zero-order valence-corrected chi connectivity index (χ0v) is 15.8. The first-order valence-corrected chi connectivity index (χ1v) is 9.77. The molecule has 2 rings (SSSR count). The number of hydrogen-bond donors (Lipinski definition) is 1. The average Bonchev–Trinajstić information content (AvgIpc) is 2.57. The monoisotopic (exact) mass is 380 g/mol. The lowest BCUT2D eigenvalue weighted by molar-refractivity contribution is -0.116. The van der Waals surface area contributed by atoms with Crippen molar-refractivity contribution in [2.75, 3.05) is 18.4 Å². The van der Waals surface area contributed by atoms with Crippen LogP contribution in [-0.4, -0.2) is 31.7 Å². The van der Waals surface area contributed by atoms with Gasteiger partial charge in [0.05, 0.1) is 11.4 Å². The number of hydrogen-bond acceptors (Lipinski definition) is 3. The topological polar surface area (TPSA) is 66.5 Å². The highest BCUT2D eigenvalue weighted by atomic mass is 35.5. The Kier molecular flexibility index (Phi) is 6.58. The van der Waals surface area contributed by atoms with E-state index in [4.69, 9.17) is 11.6 Å². The van der Waals surface area contributed by atoms with E-state index < -0.39 is 15.9 Å². The van der Waals surface area contributed by atoms with E-state index in [2.05, 4.69) is 5.32 Å². The maximum Gasteiger partial charge on any atom is 0.243 e. The molecule has 1 N–H and O–H groups in total. The number of halogens is 1. The van der Waals surface area contributed by atoms with Crippen LogP contribution in [0, 0.1) is 6.92 Å². The van der Waals surface area contributed by atoms with E-state index in [0.717, 1.165) is 5.56 Å². The second kappa shape index (κ2) is 8.47. The molecule has 0 unspecified atom stereocenters. The minimum atomic E-state index is -3.72. The molecule has 0 radical (unpaired) electrons. The van der Waals surface area contributed by atoms with E-state index in [-0.39, 0.29) is 18.0 Å². The van der Waals surface area contributed by atoms with Gasteiger partial charge in [0.1, 0.15) is 0 Å². The van der Waals surface area contributed by atoms with E-state index in [1.165, 1.54) is 4.31 Å². The second-order valence-corrected chi connectivity index (χ2v) is 8.08. The molecule has 1 amide bonds. The highest BCUT2D eigenvalue weighted by Gasteiger charge is 2.25. The van der Waals surface area contributed by atoms with Crippen molar-refractivity contribution >= 4 is 33.2 Å². The molecule has 0 aliphatic heterocycles. The summed E-state index contributed by atoms with van der Waals surface area (Å²) in [7, 11) is -3.72. The summed E-state index contributed by atoms with van der Waals surface area (Å²) in [6.45, 7) is 3.78. The Morgan fingerprint density at radius 1 is 1.08 bits per heavy atom. The zero-order chi connectivity index (χ0) is 18.4. The first kappa shape index (κ1) is 19.4. The Balaban J connectivity index is 2.15. The van der Waals surface area contributed by atoms with Gasteiger partial charge >= 0.3 is 0 Å². The molecule has 2 aromatic rings. The summed E-state index contributed by atoms with van der Waals surface area (Å²) in [5, 5.41) is 3.25. The number of carbonyl (C=O) groups is 1. The number of benzene rings is 2. The fourth-order valence-corrected chi connectivity index (χ4v) is 3.90. The Bertz CT molecular complexity index is 818. The molecule has 25 heavy (non-hydrogen) atoms. The van der Waals surface area contributed by atoms with Crippen molar-refractivity contribution in [3.8, 4) is 0 Å². The van der Waals surface area contributed by atoms with Crippen LogP contribution in [0.25, 0.3) is 0 Å². The molecule has 0 atom stereocenters. The molecule has 0 aliphatic carbocycles. The van der Waals surface area contributed by atoms with Crippen LogP contribution in [-0.2, 0) is 14.8 Å². The lowest BCUT2D eigenvalue weighted by Crippen LogP contribution is -2.38. The molecule has 0 aromatic heterocycles. The van der Waals surface area contributed by atoms with E-state index >= 15 is 0 Å². The van der Waals surface area contributed by atoms with Crippen LogP contribution in [0.15, 0.2) is 53.4 Å². The van der Waals surface area contributed by atoms with Gasteiger partial charge < -0.3 is 5.32 Å². The number of sulfonamides is 1. The summed E-state index contributed by atoms with van der Waals surface area (Å²) >= 11 is 5.81. The molecule has 5 nitrogen and oxygen atoms in total. The van der Waals surface area contributed by atoms with Crippen molar-refractivity contribution < 1.29 is 13.2 Å². The van der Waals surface area contributed by atoms with Crippen molar-refractivity contribution in [3.63, 3.8) is 0 Å². The van der Waals surface area contributed by atoms with Crippen molar-refractivity contribution in [1.29, 1.82) is 0 Å². The number of nitrogens with zero attached hydrogens (tertiary/aromatic N) is 1. The predicted octanol–water partition coefficient (Wildman–Crippen LogP) is 3.69. The molecule has 134 valence electrons. The van der Waals surface area contributed by atoms with Crippen LogP contribution in [0.1, 0.15) is 18.9 Å². The van der Waals surface area contributed by atoms with Gasteiger partial charge in [-0.25, -0.2) is 8.42 Å². The number of aryl methyl sites for hydroxylation is 1. The van der Waals surface area contributed by atoms with E-state index in [9.17, 15) is 13.2 Å². The Hall–Kier alpha value is -1.89. The van der Waals surface area contributed by atoms with Crippen LogP contribution in [0.3, 0.4) is 0 Å². The first-order chi connectivity index (χ1) is 11.8. The first-order valence-electron chi connectivity index (χ1n) is 7.95. The van der Waals surface area contributed by atoms with Gasteiger partial charge in [-0.1, -0.05) is 36.2 Å². The van der Waals surface area contributed by atoms with Crippen LogP contribution in [0.2, 0.25) is 5.02 Å². The summed E-state index contributed by atoms with van der Waals surface area (Å²) in [6, 6.07) is 13.2. The Morgan fingerprint density at radius 3 is 2.24 bits per heavy atom. The maximum atomic E-state index is 12.8. The molecular weight excluding hydrogens is 360 g/mol. The number of anilines is 1. The summed E-state index contributed by atoms with van der Waals surface area (Å²) in [5.41, 5.74) is 1.54. The Morgan fingerprint density at radius 2 is 1.68 bits per heavy atom. The minimum Gasteiger partial charge on any atom is -0.325 e. The molecule has 0 heterocycles. The third kappa shape index (κ3) is 5.29. The fourth-order valence-electron chi connectivity index (χ4n) is 2.29. The van der Waals surface area contributed by atoms with Crippen LogP contribution >= 0.6 is 11.6 Å². The van der Waals surface area contributed by atoms with E-state index in [0.29, 0.717) is 17.1 Å². The summed E-state index contributed by atoms with van der Waals surface area (Å²) in [4.78, 5) is 12.5. The van der Waals surface area contributed by atoms with E-state index in [1.54, 1.807) is 48.5 Å². The second-order valence-electron chi connectivity index (χ2n) is 5.71. The molecule has 2 aromatic carbocycles. The number of amides is 1. The fraction of sp³-hybridized carbons (Fsp3) is 0.278. The number of carbonyl (C=O) groups excluding carboxylic acids is 1. The number of rotatable bonds is 7. The normalized spacial score (nSPS) is 11.5. The SMILES string of the molecule is CCCN(CC(=O)Nc1ccc(Cl)cc1)S(=O)(=O)c1ccc(C)cc1. The van der Waals surface area contributed by atoms with Gasteiger partial charge in [-0.3, -0.25) is 4.79 Å². The lowest BCUT2D eigenvalue weighted by atomic mass is 10.2. The van der Waals surface area contributed by atoms with Crippen molar-refractivity contribution in [2.24, 2.45) is 0 Å². The Labute approximate surface area is 153 Å². The highest BCUT2D eigenvalue weighted by molar-refractivity contribution is 7.89. The minimum absolute atomic E-state index is 0.186. The van der Waals surface area contributed by atoms with Crippen molar-refractivity contribution in [2.45, 2.75) is 25.2 Å². The molecular formula is C18H21ClN2O3S. The molecule has 7 heteroatoms. The average molecular weight is 381 g/mol. The molecule has 0 saturated heterocycles. The molecule has 0 bridgehead atoms. The molecule has 0 saturated carbocycles. The quantitative estimate of drug-likeness (QED) is 0.796. The summed E-state index contributed by atoms with van der Waals surface area (Å²) in [5.74, 6) is -0.397. The van der Waals surface area contributed by atoms with Gasteiger partial charge in [0.2, 0.25) is 15.9 Å². The van der Waals surface area contributed by atoms with Crippen molar-refractivity contribution in [1.82, 2.24) is 4.31 Å². The molecule has 0 spiro atoms. The van der Waals surface area contributed by atoms with Gasteiger partial charge in [-0.15, -0.1) is 0 Å². The van der Waals surface area contributed by atoms with Crippen LogP contribution in [0.5, 0.6) is 0 Å². The van der Waals surface area contributed by atoms with Gasteiger partial charge in [-0.05, 0) is 49.7 Å². The largest absolute Gasteiger partial charge is 0.325 e. The van der Waals surface area contributed by atoms with Crippen LogP contribution in [0.4, 0.5) is 5.69 Å². The van der Waals surface area contributed by atoms with Gasteiger partial charge in [-0.2, -0.15) is 4.31 Å². The third-order valence-corrected chi connectivity index (χ3v) is 5.69. The predicted molar refractivity (Wildman–Crippen MR) is 100 cm³/mol. The van der Waals surface area contributed by atoms with Gasteiger partial charge in [0, 0.05) is 17.3 Å². The lowest BCUT2D eigenvalue weighted by Gasteiger charge is -2.21. The maximum absolute atomic E-state index is 12.8.